The molecule has 0 rings (SSSR count). The van der Waals surface area contributed by atoms with E-state index in [0.29, 0.717) is 36.0 Å². The van der Waals surface area contributed by atoms with Crippen molar-refractivity contribution in [1.82, 2.24) is 9.80 Å². The van der Waals surface area contributed by atoms with Crippen molar-refractivity contribution in [1.29, 1.82) is 0 Å². The van der Waals surface area contributed by atoms with E-state index in [1.165, 1.54) is 5.70 Å². The maximum absolute atomic E-state index is 12.5. The molecule has 1 amide bonds. The molecule has 29 heavy (non-hydrogen) atoms. The second-order valence-corrected chi connectivity index (χ2v) is 10.7. The van der Waals surface area contributed by atoms with Crippen LogP contribution in [0.25, 0.3) is 0 Å². The first-order valence-electron chi connectivity index (χ1n) is 11.8. The first kappa shape index (κ1) is 30.6. The lowest BCUT2D eigenvalue weighted by molar-refractivity contribution is -0.131. The Morgan fingerprint density at radius 3 is 1.41 bits per heavy atom. The molecule has 0 aromatic heterocycles. The Morgan fingerprint density at radius 1 is 0.690 bits per heavy atom. The molecule has 0 unspecified atom stereocenters. The molecule has 0 bridgehead atoms. The highest BCUT2D eigenvalue weighted by Crippen LogP contribution is 2.17. The highest BCUT2D eigenvalue weighted by Gasteiger charge is 2.16. The van der Waals surface area contributed by atoms with Gasteiger partial charge in [-0.25, -0.2) is 0 Å². The van der Waals surface area contributed by atoms with Crippen LogP contribution in [-0.4, -0.2) is 53.4 Å². The lowest BCUT2D eigenvalue weighted by Crippen LogP contribution is -2.37. The fourth-order valence-electron chi connectivity index (χ4n) is 3.14. The second-order valence-electron chi connectivity index (χ2n) is 9.46. The summed E-state index contributed by atoms with van der Waals surface area (Å²) in [6.45, 7) is 30.0. The molecule has 0 atom stereocenters. The first-order valence-corrected chi connectivity index (χ1v) is 13.0. The van der Waals surface area contributed by atoms with Gasteiger partial charge in [0.25, 0.3) is 0 Å². The van der Waals surface area contributed by atoms with Gasteiger partial charge in [0.1, 0.15) is 0 Å². The number of allylic oxidation sites excluding steroid dienone is 1. The predicted molar refractivity (Wildman–Crippen MR) is 135 cm³/mol. The smallest absolute Gasteiger partial charge is 0.223 e. The fourth-order valence-corrected chi connectivity index (χ4v) is 4.04. The quantitative estimate of drug-likeness (QED) is 0.268. The maximum atomic E-state index is 12.5. The molecule has 4 heteroatoms. The zero-order valence-electron chi connectivity index (χ0n) is 21.4. The van der Waals surface area contributed by atoms with Gasteiger partial charge in [0.2, 0.25) is 5.91 Å². The topological polar surface area (TPSA) is 23.6 Å². The minimum Gasteiger partial charge on any atom is -0.375 e. The van der Waals surface area contributed by atoms with Gasteiger partial charge in [-0.15, -0.1) is 0 Å². The van der Waals surface area contributed by atoms with E-state index in [1.54, 1.807) is 0 Å². The summed E-state index contributed by atoms with van der Waals surface area (Å²) in [5, 5.41) is 0. The van der Waals surface area contributed by atoms with Crippen LogP contribution in [0.15, 0.2) is 12.3 Å². The monoisotopic (exact) mass is 428 g/mol. The first-order chi connectivity index (χ1) is 13.5. The molecule has 0 N–H and O–H groups in total. The molecule has 0 spiro atoms. The lowest BCUT2D eigenvalue weighted by atomic mass is 10.1. The maximum Gasteiger partial charge on any atom is 0.223 e. The number of hydrogen-bond acceptors (Lipinski definition) is 3. The van der Waals surface area contributed by atoms with Crippen molar-refractivity contribution in [2.24, 2.45) is 23.7 Å². The number of thioether (sulfide) groups is 1. The fraction of sp³-hybridized carbons (Fsp3) is 0.880. The molecule has 174 valence electrons. The average Bonchev–Trinajstić information content (AvgIpc) is 2.60. The van der Waals surface area contributed by atoms with Gasteiger partial charge in [-0.2, -0.15) is 11.8 Å². The van der Waals surface area contributed by atoms with E-state index in [0.717, 1.165) is 44.1 Å². The zero-order valence-corrected chi connectivity index (χ0v) is 22.2. The van der Waals surface area contributed by atoms with Gasteiger partial charge < -0.3 is 9.80 Å². The molecule has 0 aliphatic heterocycles. The molecular weight excluding hydrogens is 376 g/mol. The molecule has 0 heterocycles. The lowest BCUT2D eigenvalue weighted by Gasteiger charge is -2.30. The summed E-state index contributed by atoms with van der Waals surface area (Å²) in [5.74, 6) is 4.62. The van der Waals surface area contributed by atoms with Gasteiger partial charge in [0, 0.05) is 44.0 Å². The SMILES string of the molecule is C=C(CCSCCC(=O)N(CC(C)C)CC(C)C)N(CC(C)C)CC(C)C.CC. The summed E-state index contributed by atoms with van der Waals surface area (Å²) in [6, 6.07) is 0. The summed E-state index contributed by atoms with van der Waals surface area (Å²) in [6.07, 6.45) is 1.66. The Bertz CT molecular complexity index is 361. The second kappa shape index (κ2) is 18.2. The van der Waals surface area contributed by atoms with Gasteiger partial charge in [-0.1, -0.05) is 75.8 Å². The number of hydrogen-bond donors (Lipinski definition) is 0. The molecule has 0 saturated carbocycles. The van der Waals surface area contributed by atoms with E-state index in [1.807, 2.05) is 25.6 Å². The van der Waals surface area contributed by atoms with E-state index in [-0.39, 0.29) is 0 Å². The average molecular weight is 429 g/mol. The van der Waals surface area contributed by atoms with Crippen LogP contribution in [0.5, 0.6) is 0 Å². The van der Waals surface area contributed by atoms with Crippen molar-refractivity contribution in [3.05, 3.63) is 12.3 Å². The Hall–Kier alpha value is -0.640. The predicted octanol–water partition coefficient (Wildman–Crippen LogP) is 6.79. The van der Waals surface area contributed by atoms with Crippen LogP contribution in [0.1, 0.15) is 82.1 Å². The van der Waals surface area contributed by atoms with E-state index in [4.69, 9.17) is 0 Å². The standard InChI is InChI=1S/C23H46N2OS.C2H6/c1-18(2)14-24(15-19(3)4)22(9)10-12-27-13-11-23(26)25(16-20(5)6)17-21(7)8;1-2/h18-21H,9-17H2,1-8H3;1-2H3. The summed E-state index contributed by atoms with van der Waals surface area (Å²) >= 11 is 1.89. The van der Waals surface area contributed by atoms with Crippen LogP contribution in [-0.2, 0) is 4.79 Å². The zero-order chi connectivity index (χ0) is 23.0. The third-order valence-corrected chi connectivity index (χ3v) is 5.12. The highest BCUT2D eigenvalue weighted by molar-refractivity contribution is 7.99. The minimum absolute atomic E-state index is 0.310. The molecule has 0 fully saturated rings. The van der Waals surface area contributed by atoms with Crippen molar-refractivity contribution < 1.29 is 4.79 Å². The van der Waals surface area contributed by atoms with Gasteiger partial charge >= 0.3 is 0 Å². The van der Waals surface area contributed by atoms with Gasteiger partial charge in [0.05, 0.1) is 0 Å². The number of carbonyl (C=O) groups excluding carboxylic acids is 1. The highest BCUT2D eigenvalue weighted by atomic mass is 32.2. The van der Waals surface area contributed by atoms with E-state index >= 15 is 0 Å². The van der Waals surface area contributed by atoms with E-state index in [9.17, 15) is 4.79 Å². The summed E-state index contributed by atoms with van der Waals surface area (Å²) in [4.78, 5) is 17.1. The number of amides is 1. The Kier molecular flexibility index (Phi) is 19.1. The van der Waals surface area contributed by atoms with Crippen LogP contribution < -0.4 is 0 Å². The summed E-state index contributed by atoms with van der Waals surface area (Å²) < 4.78 is 0. The molecule has 0 radical (unpaired) electrons. The van der Waals surface area contributed by atoms with Crippen molar-refractivity contribution >= 4 is 17.7 Å². The van der Waals surface area contributed by atoms with Gasteiger partial charge in [-0.3, -0.25) is 4.79 Å². The normalized spacial score (nSPS) is 11.1. The summed E-state index contributed by atoms with van der Waals surface area (Å²) in [7, 11) is 0. The Balaban J connectivity index is 0. The molecule has 3 nitrogen and oxygen atoms in total. The van der Waals surface area contributed by atoms with E-state index < -0.39 is 0 Å². The molecule has 0 aromatic rings. The Morgan fingerprint density at radius 2 is 1.03 bits per heavy atom. The molecule has 0 aliphatic rings. The Labute approximate surface area is 188 Å². The van der Waals surface area contributed by atoms with Crippen LogP contribution in [0.2, 0.25) is 0 Å². The van der Waals surface area contributed by atoms with Gasteiger partial charge in [-0.05, 0) is 35.8 Å². The van der Waals surface area contributed by atoms with Gasteiger partial charge in [0.15, 0.2) is 0 Å². The third kappa shape index (κ3) is 17.9. The largest absolute Gasteiger partial charge is 0.375 e. The van der Waals surface area contributed by atoms with Crippen LogP contribution in [0, 0.1) is 23.7 Å². The number of carbonyl (C=O) groups is 1. The van der Waals surface area contributed by atoms with Crippen molar-refractivity contribution in [2.75, 3.05) is 37.7 Å². The van der Waals surface area contributed by atoms with Crippen molar-refractivity contribution in [3.63, 3.8) is 0 Å². The van der Waals surface area contributed by atoms with Crippen LogP contribution in [0.3, 0.4) is 0 Å². The minimum atomic E-state index is 0.310. The third-order valence-electron chi connectivity index (χ3n) is 4.14. The molecular formula is C25H52N2OS. The molecule has 0 saturated heterocycles. The van der Waals surface area contributed by atoms with Crippen LogP contribution >= 0.6 is 11.8 Å². The molecule has 0 aliphatic carbocycles. The van der Waals surface area contributed by atoms with E-state index in [2.05, 4.69) is 71.8 Å². The van der Waals surface area contributed by atoms with Crippen molar-refractivity contribution in [3.8, 4) is 0 Å². The van der Waals surface area contributed by atoms with Crippen LogP contribution in [0.4, 0.5) is 0 Å². The number of nitrogens with zero attached hydrogens (tertiary/aromatic N) is 2. The summed E-state index contributed by atoms with van der Waals surface area (Å²) in [5.41, 5.74) is 1.25. The molecule has 0 aromatic carbocycles. The number of rotatable bonds is 15. The van der Waals surface area contributed by atoms with Crippen molar-refractivity contribution in [2.45, 2.75) is 82.1 Å².